The SMILES string of the molecule is [2H]C([2H])(O)CC[C@@]1(c2ccc(F)cc2)OCc2cc(C#N)ccc21. The van der Waals surface area contributed by atoms with Crippen molar-refractivity contribution in [1.82, 2.24) is 0 Å². The second-order valence-corrected chi connectivity index (χ2v) is 5.26. The van der Waals surface area contributed by atoms with Crippen LogP contribution in [-0.4, -0.2) is 11.7 Å². The highest BCUT2D eigenvalue weighted by molar-refractivity contribution is 5.47. The van der Waals surface area contributed by atoms with Crippen LogP contribution in [-0.2, 0) is 16.9 Å². The summed E-state index contributed by atoms with van der Waals surface area (Å²) in [5.74, 6) is -0.371. The molecule has 1 N–H and O–H groups in total. The first-order valence-corrected chi connectivity index (χ1v) is 7.00. The van der Waals surface area contributed by atoms with Crippen molar-refractivity contribution >= 4 is 0 Å². The monoisotopic (exact) mass is 299 g/mol. The highest BCUT2D eigenvalue weighted by Gasteiger charge is 2.41. The van der Waals surface area contributed by atoms with Crippen molar-refractivity contribution in [3.05, 3.63) is 70.5 Å². The quantitative estimate of drug-likeness (QED) is 0.943. The summed E-state index contributed by atoms with van der Waals surface area (Å²) in [6.45, 7) is -2.05. The van der Waals surface area contributed by atoms with Crippen molar-refractivity contribution in [3.63, 3.8) is 0 Å². The molecule has 4 heteroatoms. The minimum Gasteiger partial charge on any atom is -0.396 e. The van der Waals surface area contributed by atoms with E-state index in [1.165, 1.54) is 12.1 Å². The third-order valence-corrected chi connectivity index (χ3v) is 4.04. The van der Waals surface area contributed by atoms with Crippen LogP contribution < -0.4 is 0 Å². The van der Waals surface area contributed by atoms with Gasteiger partial charge in [-0.1, -0.05) is 18.2 Å². The topological polar surface area (TPSA) is 53.2 Å². The summed E-state index contributed by atoms with van der Waals surface area (Å²) in [5, 5.41) is 18.5. The molecular weight excluding hydrogens is 281 g/mol. The van der Waals surface area contributed by atoms with E-state index in [9.17, 15) is 9.50 Å². The molecule has 1 aliphatic rings. The van der Waals surface area contributed by atoms with Gasteiger partial charge < -0.3 is 9.84 Å². The minimum absolute atomic E-state index is 0.135. The molecule has 0 saturated carbocycles. The van der Waals surface area contributed by atoms with E-state index in [-0.39, 0.29) is 25.3 Å². The molecule has 1 heterocycles. The number of hydrogen-bond acceptors (Lipinski definition) is 3. The Morgan fingerprint density at radius 1 is 1.32 bits per heavy atom. The van der Waals surface area contributed by atoms with E-state index in [4.69, 9.17) is 12.7 Å². The predicted molar refractivity (Wildman–Crippen MR) is 79.4 cm³/mol. The van der Waals surface area contributed by atoms with Gasteiger partial charge in [0.1, 0.15) is 11.4 Å². The van der Waals surface area contributed by atoms with Gasteiger partial charge in [0, 0.05) is 6.56 Å². The smallest absolute Gasteiger partial charge is 0.123 e. The van der Waals surface area contributed by atoms with Crippen molar-refractivity contribution in [2.75, 3.05) is 6.56 Å². The summed E-state index contributed by atoms with van der Waals surface area (Å²) in [4.78, 5) is 0. The minimum atomic E-state index is -2.33. The average Bonchev–Trinajstić information content (AvgIpc) is 2.92. The van der Waals surface area contributed by atoms with Crippen molar-refractivity contribution in [2.24, 2.45) is 0 Å². The van der Waals surface area contributed by atoms with E-state index < -0.39 is 12.2 Å². The third-order valence-electron chi connectivity index (χ3n) is 4.04. The lowest BCUT2D eigenvalue weighted by Crippen LogP contribution is -2.27. The second kappa shape index (κ2) is 5.88. The molecule has 0 aromatic heterocycles. The molecule has 3 nitrogen and oxygen atoms in total. The average molecular weight is 299 g/mol. The lowest BCUT2D eigenvalue weighted by atomic mass is 9.81. The van der Waals surface area contributed by atoms with Crippen LogP contribution in [0.25, 0.3) is 0 Å². The molecule has 112 valence electrons. The van der Waals surface area contributed by atoms with Crippen LogP contribution in [0.3, 0.4) is 0 Å². The van der Waals surface area contributed by atoms with Gasteiger partial charge >= 0.3 is 0 Å². The summed E-state index contributed by atoms with van der Waals surface area (Å²) in [7, 11) is 0. The molecular formula is C18H16FNO2. The van der Waals surface area contributed by atoms with Crippen LogP contribution in [0, 0.1) is 17.1 Å². The van der Waals surface area contributed by atoms with E-state index in [1.54, 1.807) is 30.3 Å². The zero-order chi connectivity index (χ0) is 17.4. The van der Waals surface area contributed by atoms with E-state index in [1.807, 2.05) is 0 Å². The van der Waals surface area contributed by atoms with Crippen molar-refractivity contribution in [1.29, 1.82) is 5.26 Å². The first-order chi connectivity index (χ1) is 11.3. The number of fused-ring (bicyclic) bond motifs is 1. The first kappa shape index (κ1) is 12.3. The Morgan fingerprint density at radius 3 is 2.77 bits per heavy atom. The zero-order valence-electron chi connectivity index (χ0n) is 13.8. The lowest BCUT2D eigenvalue weighted by molar-refractivity contribution is -0.0156. The van der Waals surface area contributed by atoms with Gasteiger partial charge in [0.2, 0.25) is 0 Å². The highest BCUT2D eigenvalue weighted by atomic mass is 19.1. The van der Waals surface area contributed by atoms with E-state index in [0.717, 1.165) is 11.1 Å². The summed E-state index contributed by atoms with van der Waals surface area (Å²) in [5.41, 5.74) is 1.91. The number of nitrogens with zero attached hydrogens (tertiary/aromatic N) is 1. The third kappa shape index (κ3) is 2.39. The van der Waals surface area contributed by atoms with Crippen LogP contribution in [0.15, 0.2) is 42.5 Å². The van der Waals surface area contributed by atoms with Gasteiger partial charge in [-0.05, 0) is 53.8 Å². The molecule has 0 unspecified atom stereocenters. The number of hydrogen-bond donors (Lipinski definition) is 1. The van der Waals surface area contributed by atoms with Crippen LogP contribution in [0.5, 0.6) is 0 Å². The Bertz CT molecular complexity index is 796. The maximum Gasteiger partial charge on any atom is 0.123 e. The number of aliphatic hydroxyl groups is 1. The van der Waals surface area contributed by atoms with Gasteiger partial charge in [0.15, 0.2) is 0 Å². The maximum absolute atomic E-state index is 13.3. The van der Waals surface area contributed by atoms with Gasteiger partial charge in [0.25, 0.3) is 0 Å². The fourth-order valence-electron chi connectivity index (χ4n) is 3.00. The Morgan fingerprint density at radius 2 is 2.09 bits per heavy atom. The molecule has 1 aliphatic heterocycles. The normalized spacial score (nSPS) is 21.7. The molecule has 0 radical (unpaired) electrons. The van der Waals surface area contributed by atoms with E-state index >= 15 is 0 Å². The van der Waals surface area contributed by atoms with E-state index in [0.29, 0.717) is 11.1 Å². The molecule has 0 aliphatic carbocycles. The Labute approximate surface area is 131 Å². The summed E-state index contributed by atoms with van der Waals surface area (Å²) in [6, 6.07) is 13.2. The van der Waals surface area contributed by atoms with Gasteiger partial charge in [0.05, 0.1) is 21.0 Å². The largest absolute Gasteiger partial charge is 0.396 e. The zero-order valence-corrected chi connectivity index (χ0v) is 11.8. The second-order valence-electron chi connectivity index (χ2n) is 5.26. The number of nitriles is 1. The Hall–Kier alpha value is -2.22. The molecule has 3 rings (SSSR count). The lowest BCUT2D eigenvalue weighted by Gasteiger charge is -2.30. The molecule has 0 spiro atoms. The van der Waals surface area contributed by atoms with Gasteiger partial charge in [-0.15, -0.1) is 0 Å². The molecule has 0 amide bonds. The van der Waals surface area contributed by atoms with Gasteiger partial charge in [-0.25, -0.2) is 4.39 Å². The van der Waals surface area contributed by atoms with E-state index in [2.05, 4.69) is 6.07 Å². The molecule has 2 aromatic carbocycles. The molecule has 0 saturated heterocycles. The molecule has 2 aromatic rings. The fourth-order valence-corrected chi connectivity index (χ4v) is 3.00. The predicted octanol–water partition coefficient (Wildman–Crippen LogP) is 3.24. The standard InChI is InChI=1S/C18H16FNO2/c19-16-5-3-15(4-6-16)18(8-1-9-21)17-7-2-13(11-20)10-14(17)12-22-18/h2-7,10,21H,1,8-9,12H2/t18-/m0/s1/i9D2. The molecule has 22 heavy (non-hydrogen) atoms. The maximum atomic E-state index is 13.3. The highest BCUT2D eigenvalue weighted by Crippen LogP contribution is 2.45. The summed E-state index contributed by atoms with van der Waals surface area (Å²) in [6.07, 6.45) is 0.0604. The van der Waals surface area contributed by atoms with Crippen LogP contribution >= 0.6 is 0 Å². The molecule has 0 fully saturated rings. The number of rotatable bonds is 4. The van der Waals surface area contributed by atoms with Crippen molar-refractivity contribution in [3.8, 4) is 6.07 Å². The Balaban J connectivity index is 2.09. The number of benzene rings is 2. The summed E-state index contributed by atoms with van der Waals surface area (Å²) >= 11 is 0. The molecule has 1 atom stereocenters. The number of halogens is 1. The van der Waals surface area contributed by atoms with Crippen molar-refractivity contribution in [2.45, 2.75) is 25.0 Å². The first-order valence-electron chi connectivity index (χ1n) is 8.00. The van der Waals surface area contributed by atoms with Crippen molar-refractivity contribution < 1.29 is 17.0 Å². The fraction of sp³-hybridized carbons (Fsp3) is 0.278. The van der Waals surface area contributed by atoms with Gasteiger partial charge in [-0.3, -0.25) is 0 Å². The molecule has 0 bridgehead atoms. The van der Waals surface area contributed by atoms with Crippen LogP contribution in [0.1, 0.15) is 37.8 Å². The van der Waals surface area contributed by atoms with Gasteiger partial charge in [-0.2, -0.15) is 5.26 Å². The van der Waals surface area contributed by atoms with Crippen LogP contribution in [0.4, 0.5) is 4.39 Å². The summed E-state index contributed by atoms with van der Waals surface area (Å²) < 4.78 is 34.1. The number of ether oxygens (including phenoxy) is 1. The van der Waals surface area contributed by atoms with Crippen LogP contribution in [0.2, 0.25) is 0 Å². The Kier molecular flexibility index (Phi) is 3.30.